The number of aromatic nitrogens is 3. The first-order valence-electron chi connectivity index (χ1n) is 11.7. The van der Waals surface area contributed by atoms with Crippen LogP contribution < -0.4 is 19.7 Å². The number of nitrogens with one attached hydrogen (secondary N) is 2. The largest absolute Gasteiger partial charge is 0.495 e. The standard InChI is InChI=1S/C26H28Cl2N6O2/c1-33-8-10-34(11-9-33)17-6-4-16(5-7-17)19-12-20-26(32-19)30-15-23(31-20)29-14-18-24(27)21(35-2)13-22(36-3)25(18)28/h4-7,12-13,15H,8-11,14H2,1-3H3,(H,29,31)(H,30,32). The van der Waals surface area contributed by atoms with E-state index in [1.165, 1.54) is 5.69 Å². The molecule has 0 spiro atoms. The van der Waals surface area contributed by atoms with Crippen LogP contribution in [0.1, 0.15) is 5.56 Å². The quantitative estimate of drug-likeness (QED) is 0.337. The topological polar surface area (TPSA) is 78.5 Å². The second-order valence-electron chi connectivity index (χ2n) is 8.75. The number of aromatic amines is 1. The second-order valence-corrected chi connectivity index (χ2v) is 9.51. The predicted molar refractivity (Wildman–Crippen MR) is 146 cm³/mol. The molecular formula is C26H28Cl2N6O2. The molecule has 36 heavy (non-hydrogen) atoms. The van der Waals surface area contributed by atoms with Crippen molar-refractivity contribution >= 4 is 45.9 Å². The van der Waals surface area contributed by atoms with E-state index in [1.54, 1.807) is 26.5 Å². The van der Waals surface area contributed by atoms with Crippen molar-refractivity contribution < 1.29 is 9.47 Å². The summed E-state index contributed by atoms with van der Waals surface area (Å²) in [6, 6.07) is 12.3. The third kappa shape index (κ3) is 4.89. The Morgan fingerprint density at radius 3 is 2.28 bits per heavy atom. The fourth-order valence-corrected chi connectivity index (χ4v) is 4.96. The highest BCUT2D eigenvalue weighted by molar-refractivity contribution is 6.37. The molecular weight excluding hydrogens is 499 g/mol. The summed E-state index contributed by atoms with van der Waals surface area (Å²) >= 11 is 13.0. The summed E-state index contributed by atoms with van der Waals surface area (Å²) in [4.78, 5) is 17.4. The van der Waals surface area contributed by atoms with E-state index in [0.717, 1.165) is 48.6 Å². The Hall–Kier alpha value is -3.20. The van der Waals surface area contributed by atoms with E-state index >= 15 is 0 Å². The number of rotatable bonds is 7. The lowest BCUT2D eigenvalue weighted by molar-refractivity contribution is 0.313. The molecule has 10 heteroatoms. The summed E-state index contributed by atoms with van der Waals surface area (Å²) in [5.41, 5.74) is 5.44. The normalized spacial score (nSPS) is 14.3. The first-order valence-corrected chi connectivity index (χ1v) is 12.4. The zero-order valence-electron chi connectivity index (χ0n) is 20.4. The van der Waals surface area contributed by atoms with E-state index in [1.807, 2.05) is 6.07 Å². The van der Waals surface area contributed by atoms with Gasteiger partial charge in [0.15, 0.2) is 5.65 Å². The van der Waals surface area contributed by atoms with E-state index in [9.17, 15) is 0 Å². The molecule has 0 bridgehead atoms. The molecule has 2 aromatic carbocycles. The van der Waals surface area contributed by atoms with Gasteiger partial charge in [-0.3, -0.25) is 0 Å². The third-order valence-corrected chi connectivity index (χ3v) is 7.32. The summed E-state index contributed by atoms with van der Waals surface area (Å²) < 4.78 is 10.7. The van der Waals surface area contributed by atoms with Gasteiger partial charge in [0.05, 0.1) is 30.5 Å². The molecule has 1 saturated heterocycles. The van der Waals surface area contributed by atoms with Gasteiger partial charge in [-0.2, -0.15) is 0 Å². The lowest BCUT2D eigenvalue weighted by Gasteiger charge is -2.34. The van der Waals surface area contributed by atoms with Crippen LogP contribution in [0.3, 0.4) is 0 Å². The molecule has 1 aliphatic rings. The highest BCUT2D eigenvalue weighted by atomic mass is 35.5. The van der Waals surface area contributed by atoms with Crippen LogP contribution in [0.2, 0.25) is 10.0 Å². The highest BCUT2D eigenvalue weighted by Crippen LogP contribution is 2.40. The molecule has 8 nitrogen and oxygen atoms in total. The molecule has 0 amide bonds. The Morgan fingerprint density at radius 2 is 1.64 bits per heavy atom. The van der Waals surface area contributed by atoms with Gasteiger partial charge >= 0.3 is 0 Å². The van der Waals surface area contributed by atoms with Crippen LogP contribution in [-0.4, -0.2) is 67.3 Å². The van der Waals surface area contributed by atoms with E-state index in [4.69, 9.17) is 37.7 Å². The second kappa shape index (κ2) is 10.4. The van der Waals surface area contributed by atoms with Gasteiger partial charge < -0.3 is 29.6 Å². The van der Waals surface area contributed by atoms with E-state index in [-0.39, 0.29) is 0 Å². The van der Waals surface area contributed by atoms with Crippen LogP contribution in [0.4, 0.5) is 11.5 Å². The van der Waals surface area contributed by atoms with Crippen molar-refractivity contribution in [1.29, 1.82) is 0 Å². The number of hydrogen-bond acceptors (Lipinski definition) is 7. The Morgan fingerprint density at radius 1 is 0.972 bits per heavy atom. The lowest BCUT2D eigenvalue weighted by atomic mass is 10.1. The van der Waals surface area contributed by atoms with Crippen molar-refractivity contribution in [2.24, 2.45) is 0 Å². The highest BCUT2D eigenvalue weighted by Gasteiger charge is 2.18. The Labute approximate surface area is 220 Å². The van der Waals surface area contributed by atoms with Gasteiger partial charge in [-0.25, -0.2) is 9.97 Å². The summed E-state index contributed by atoms with van der Waals surface area (Å²) in [7, 11) is 5.27. The van der Waals surface area contributed by atoms with Crippen LogP contribution in [0.5, 0.6) is 11.5 Å². The first kappa shape index (κ1) is 24.5. The number of H-pyrrole nitrogens is 1. The Balaban J connectivity index is 1.33. The molecule has 188 valence electrons. The lowest BCUT2D eigenvalue weighted by Crippen LogP contribution is -2.44. The van der Waals surface area contributed by atoms with Crippen LogP contribution in [0.25, 0.3) is 22.4 Å². The minimum Gasteiger partial charge on any atom is -0.495 e. The monoisotopic (exact) mass is 526 g/mol. The molecule has 3 heterocycles. The van der Waals surface area contributed by atoms with Gasteiger partial charge in [0.2, 0.25) is 0 Å². The maximum absolute atomic E-state index is 6.49. The van der Waals surface area contributed by atoms with Crippen LogP contribution in [0.15, 0.2) is 42.6 Å². The number of piperazine rings is 1. The number of hydrogen-bond donors (Lipinski definition) is 2. The van der Waals surface area contributed by atoms with Crippen LogP contribution >= 0.6 is 23.2 Å². The minimum atomic E-state index is 0.330. The van der Waals surface area contributed by atoms with Gasteiger partial charge in [0.1, 0.15) is 22.8 Å². The number of benzene rings is 2. The predicted octanol–water partition coefficient (Wildman–Crippen LogP) is 5.31. The van der Waals surface area contributed by atoms with Crippen LogP contribution in [-0.2, 0) is 6.54 Å². The third-order valence-electron chi connectivity index (χ3n) is 6.49. The fourth-order valence-electron chi connectivity index (χ4n) is 4.33. The molecule has 4 aromatic rings. The number of halogens is 2. The molecule has 0 radical (unpaired) electrons. The molecule has 1 aliphatic heterocycles. The van der Waals surface area contributed by atoms with Crippen molar-refractivity contribution in [3.8, 4) is 22.8 Å². The van der Waals surface area contributed by atoms with Crippen LogP contribution in [0, 0.1) is 0 Å². The summed E-state index contributed by atoms with van der Waals surface area (Å²) in [6.07, 6.45) is 1.68. The fraction of sp³-hybridized carbons (Fsp3) is 0.308. The molecule has 2 N–H and O–H groups in total. The Kier molecular flexibility index (Phi) is 7.09. The van der Waals surface area contributed by atoms with E-state index in [0.29, 0.717) is 39.5 Å². The number of anilines is 2. The summed E-state index contributed by atoms with van der Waals surface area (Å²) in [5.74, 6) is 1.59. The Bertz CT molecular complexity index is 1340. The number of likely N-dealkylation sites (N-methyl/N-ethyl adjacent to an activating group) is 1. The maximum Gasteiger partial charge on any atom is 0.156 e. The van der Waals surface area contributed by atoms with Crippen molar-refractivity contribution in [2.45, 2.75) is 6.54 Å². The molecule has 0 atom stereocenters. The van der Waals surface area contributed by atoms with Crippen molar-refractivity contribution in [3.05, 3.63) is 58.2 Å². The zero-order chi connectivity index (χ0) is 25.2. The van der Waals surface area contributed by atoms with Gasteiger partial charge in [0, 0.05) is 55.7 Å². The maximum atomic E-state index is 6.49. The average molecular weight is 527 g/mol. The first-order chi connectivity index (χ1) is 17.5. The minimum absolute atomic E-state index is 0.330. The molecule has 1 fully saturated rings. The van der Waals surface area contributed by atoms with Gasteiger partial charge in [-0.05, 0) is 30.8 Å². The summed E-state index contributed by atoms with van der Waals surface area (Å²) in [5, 5.41) is 4.11. The average Bonchev–Trinajstić information content (AvgIpc) is 3.33. The molecule has 5 rings (SSSR count). The summed E-state index contributed by atoms with van der Waals surface area (Å²) in [6.45, 7) is 4.59. The smallest absolute Gasteiger partial charge is 0.156 e. The molecule has 0 saturated carbocycles. The molecule has 0 aliphatic carbocycles. The molecule has 0 unspecified atom stereocenters. The van der Waals surface area contributed by atoms with E-state index < -0.39 is 0 Å². The zero-order valence-corrected chi connectivity index (χ0v) is 22.0. The van der Waals surface area contributed by atoms with Crippen molar-refractivity contribution in [3.63, 3.8) is 0 Å². The molecule has 2 aromatic heterocycles. The number of fused-ring (bicyclic) bond motifs is 1. The van der Waals surface area contributed by atoms with Gasteiger partial charge in [-0.1, -0.05) is 35.3 Å². The van der Waals surface area contributed by atoms with E-state index in [2.05, 4.69) is 56.4 Å². The number of ether oxygens (including phenoxy) is 2. The number of nitrogens with zero attached hydrogens (tertiary/aromatic N) is 4. The SMILES string of the molecule is COc1cc(OC)c(Cl)c(CNc2cnc3[nH]c(-c4ccc(N5CCN(C)CC5)cc4)cc3n2)c1Cl. The van der Waals surface area contributed by atoms with Crippen molar-refractivity contribution in [1.82, 2.24) is 19.9 Å². The number of methoxy groups -OCH3 is 2. The van der Waals surface area contributed by atoms with Crippen molar-refractivity contribution in [2.75, 3.05) is 57.7 Å². The van der Waals surface area contributed by atoms with Gasteiger partial charge in [-0.15, -0.1) is 0 Å². The van der Waals surface area contributed by atoms with Gasteiger partial charge in [0.25, 0.3) is 0 Å².